The zero-order valence-electron chi connectivity index (χ0n) is 13.2. The summed E-state index contributed by atoms with van der Waals surface area (Å²) < 4.78 is 5.68. The zero-order chi connectivity index (χ0) is 16.0. The Morgan fingerprint density at radius 3 is 2.50 bits per heavy atom. The number of unbranched alkanes of at least 4 members (excludes halogenated alkanes) is 5. The maximum absolute atomic E-state index is 10.2. The predicted octanol–water partition coefficient (Wildman–Crippen LogP) is 4.01. The average molecular weight is 307 g/mol. The maximum atomic E-state index is 10.2. The van der Waals surface area contributed by atoms with Crippen LogP contribution in [0.2, 0.25) is 0 Å². The second-order valence-electron chi connectivity index (χ2n) is 5.11. The summed E-state index contributed by atoms with van der Waals surface area (Å²) in [5.41, 5.74) is 0.912. The second-order valence-corrected chi connectivity index (χ2v) is 5.11. The minimum absolute atomic E-state index is 0.238. The molecule has 0 aliphatic rings. The number of rotatable bonds is 12. The first-order chi connectivity index (χ1) is 10.7. The number of hydrogen-bond acceptors (Lipinski definition) is 4. The largest absolute Gasteiger partial charge is 0.494 e. The van der Waals surface area contributed by atoms with E-state index in [1.54, 1.807) is 0 Å². The summed E-state index contributed by atoms with van der Waals surface area (Å²) in [6.45, 7) is 3.20. The number of oxime groups is 1. The molecule has 1 N–H and O–H groups in total. The fourth-order valence-electron chi connectivity index (χ4n) is 1.95. The minimum atomic E-state index is -1.13. The van der Waals surface area contributed by atoms with Crippen LogP contribution in [0.15, 0.2) is 29.4 Å². The van der Waals surface area contributed by atoms with E-state index in [-0.39, 0.29) is 6.61 Å². The molecule has 0 fully saturated rings. The van der Waals surface area contributed by atoms with Gasteiger partial charge in [0.1, 0.15) is 12.4 Å². The summed E-state index contributed by atoms with van der Waals surface area (Å²) in [5.74, 6) is -0.287. The van der Waals surface area contributed by atoms with Crippen LogP contribution in [0.25, 0.3) is 0 Å². The number of aliphatic carboxylic acids is 1. The highest BCUT2D eigenvalue weighted by molar-refractivity contribution is 6.21. The van der Waals surface area contributed by atoms with Crippen LogP contribution in [0.1, 0.15) is 51.0 Å². The molecular formula is C17H25NO4. The Hall–Kier alpha value is -2.04. The van der Waals surface area contributed by atoms with Gasteiger partial charge < -0.3 is 14.7 Å². The first-order valence-electron chi connectivity index (χ1n) is 7.82. The Morgan fingerprint density at radius 2 is 1.82 bits per heavy atom. The summed E-state index contributed by atoms with van der Waals surface area (Å²) in [7, 11) is 0. The van der Waals surface area contributed by atoms with Gasteiger partial charge in [-0.25, -0.2) is 4.79 Å². The van der Waals surface area contributed by atoms with Crippen molar-refractivity contribution in [3.8, 4) is 5.75 Å². The smallest absolute Gasteiger partial charge is 0.350 e. The van der Waals surface area contributed by atoms with Crippen LogP contribution >= 0.6 is 0 Å². The monoisotopic (exact) mass is 307 g/mol. The first-order valence-corrected chi connectivity index (χ1v) is 7.82. The molecule has 0 aliphatic carbocycles. The lowest BCUT2D eigenvalue weighted by Crippen LogP contribution is -1.98. The van der Waals surface area contributed by atoms with E-state index >= 15 is 0 Å². The fourth-order valence-corrected chi connectivity index (χ4v) is 1.95. The van der Waals surface area contributed by atoms with Gasteiger partial charge >= 0.3 is 5.97 Å². The molecule has 0 radical (unpaired) electrons. The van der Waals surface area contributed by atoms with Gasteiger partial charge in [-0.1, -0.05) is 56.3 Å². The number of ether oxygens (including phenoxy) is 1. The highest BCUT2D eigenvalue weighted by Gasteiger charge is 1.97. The SMILES string of the molecule is CCCCCCCCOc1ccc(CON=CC(=O)O)cc1. The van der Waals surface area contributed by atoms with Gasteiger partial charge in [-0.15, -0.1) is 0 Å². The van der Waals surface area contributed by atoms with Crippen molar-refractivity contribution in [2.24, 2.45) is 5.16 Å². The molecule has 1 aromatic rings. The lowest BCUT2D eigenvalue weighted by atomic mass is 10.1. The molecule has 0 saturated heterocycles. The lowest BCUT2D eigenvalue weighted by Gasteiger charge is -2.07. The van der Waals surface area contributed by atoms with Gasteiger partial charge in [-0.3, -0.25) is 0 Å². The molecule has 0 spiro atoms. The van der Waals surface area contributed by atoms with Gasteiger partial charge in [0, 0.05) is 0 Å². The Balaban J connectivity index is 2.15. The van der Waals surface area contributed by atoms with Crippen LogP contribution < -0.4 is 4.74 Å². The summed E-state index contributed by atoms with van der Waals surface area (Å²) in [4.78, 5) is 15.1. The summed E-state index contributed by atoms with van der Waals surface area (Å²) in [6, 6.07) is 7.53. The molecule has 0 aromatic heterocycles. The van der Waals surface area contributed by atoms with Crippen molar-refractivity contribution in [2.75, 3.05) is 6.61 Å². The third-order valence-electron chi connectivity index (χ3n) is 3.16. The molecule has 0 bridgehead atoms. The van der Waals surface area contributed by atoms with E-state index in [0.717, 1.165) is 30.6 Å². The highest BCUT2D eigenvalue weighted by Crippen LogP contribution is 2.14. The Labute approximate surface area is 131 Å². The molecule has 1 aromatic carbocycles. The van der Waals surface area contributed by atoms with Gasteiger partial charge in [0.25, 0.3) is 0 Å². The van der Waals surface area contributed by atoms with Crippen molar-refractivity contribution in [3.63, 3.8) is 0 Å². The lowest BCUT2D eigenvalue weighted by molar-refractivity contribution is -0.129. The molecule has 122 valence electrons. The number of hydrogen-bond donors (Lipinski definition) is 1. The van der Waals surface area contributed by atoms with Gasteiger partial charge in [0.2, 0.25) is 0 Å². The molecule has 0 unspecified atom stereocenters. The van der Waals surface area contributed by atoms with Gasteiger partial charge in [0.05, 0.1) is 6.61 Å². The molecular weight excluding hydrogens is 282 g/mol. The number of nitrogens with zero attached hydrogens (tertiary/aromatic N) is 1. The van der Waals surface area contributed by atoms with Crippen molar-refractivity contribution >= 4 is 12.2 Å². The number of carbonyl (C=O) groups is 1. The van der Waals surface area contributed by atoms with Crippen LogP contribution in [0.4, 0.5) is 0 Å². The third-order valence-corrected chi connectivity index (χ3v) is 3.16. The van der Waals surface area contributed by atoms with E-state index in [1.807, 2.05) is 24.3 Å². The van der Waals surface area contributed by atoms with Crippen molar-refractivity contribution in [2.45, 2.75) is 52.1 Å². The van der Waals surface area contributed by atoms with Crippen molar-refractivity contribution in [3.05, 3.63) is 29.8 Å². The van der Waals surface area contributed by atoms with E-state index in [0.29, 0.717) is 0 Å². The topological polar surface area (TPSA) is 68.1 Å². The first kappa shape index (κ1) is 18.0. The molecule has 0 heterocycles. The zero-order valence-corrected chi connectivity index (χ0v) is 13.2. The van der Waals surface area contributed by atoms with E-state index in [2.05, 4.69) is 12.1 Å². The molecule has 5 heteroatoms. The summed E-state index contributed by atoms with van der Waals surface area (Å²) in [6.07, 6.45) is 8.21. The van der Waals surface area contributed by atoms with E-state index in [1.165, 1.54) is 32.1 Å². The van der Waals surface area contributed by atoms with Gasteiger partial charge in [-0.2, -0.15) is 0 Å². The van der Waals surface area contributed by atoms with E-state index in [9.17, 15) is 4.79 Å². The number of carboxylic acid groups (broad SMARTS) is 1. The van der Waals surface area contributed by atoms with Gasteiger partial charge in [-0.05, 0) is 24.1 Å². The minimum Gasteiger partial charge on any atom is -0.494 e. The number of carboxylic acids is 1. The van der Waals surface area contributed by atoms with Crippen LogP contribution in [-0.4, -0.2) is 23.9 Å². The molecule has 22 heavy (non-hydrogen) atoms. The number of benzene rings is 1. The molecule has 0 amide bonds. The van der Waals surface area contributed by atoms with Gasteiger partial charge in [0.15, 0.2) is 6.21 Å². The van der Waals surface area contributed by atoms with E-state index in [4.69, 9.17) is 14.7 Å². The van der Waals surface area contributed by atoms with Crippen LogP contribution in [-0.2, 0) is 16.2 Å². The maximum Gasteiger partial charge on any atom is 0.350 e. The van der Waals surface area contributed by atoms with Crippen molar-refractivity contribution in [1.29, 1.82) is 0 Å². The Morgan fingerprint density at radius 1 is 1.14 bits per heavy atom. The highest BCUT2D eigenvalue weighted by atomic mass is 16.6. The molecule has 0 atom stereocenters. The Bertz CT molecular complexity index is 442. The average Bonchev–Trinajstić information content (AvgIpc) is 2.52. The van der Waals surface area contributed by atoms with Crippen LogP contribution in [0.5, 0.6) is 5.75 Å². The van der Waals surface area contributed by atoms with Crippen LogP contribution in [0.3, 0.4) is 0 Å². The quantitative estimate of drug-likeness (QED) is 0.360. The molecule has 0 aliphatic heterocycles. The standard InChI is InChI=1S/C17H25NO4/c1-2-3-4-5-6-7-12-21-16-10-8-15(9-11-16)14-22-18-13-17(19)20/h8-11,13H,2-7,12,14H2,1H3,(H,19,20). The second kappa shape index (κ2) is 11.6. The van der Waals surface area contributed by atoms with Crippen molar-refractivity contribution < 1.29 is 19.5 Å². The molecule has 1 rings (SSSR count). The molecule has 0 saturated carbocycles. The third kappa shape index (κ3) is 9.00. The fraction of sp³-hybridized carbons (Fsp3) is 0.529. The van der Waals surface area contributed by atoms with Crippen molar-refractivity contribution in [1.82, 2.24) is 0 Å². The predicted molar refractivity (Wildman–Crippen MR) is 86.2 cm³/mol. The van der Waals surface area contributed by atoms with Crippen LogP contribution in [0, 0.1) is 0 Å². The summed E-state index contributed by atoms with van der Waals surface area (Å²) >= 11 is 0. The normalized spacial score (nSPS) is 10.8. The van der Waals surface area contributed by atoms with E-state index < -0.39 is 5.97 Å². The summed E-state index contributed by atoms with van der Waals surface area (Å²) in [5, 5.41) is 11.7. The Kier molecular flexibility index (Phi) is 9.50. The molecule has 5 nitrogen and oxygen atoms in total.